The number of amides is 1. The average molecular weight is 356 g/mol. The maximum atomic E-state index is 12.5. The van der Waals surface area contributed by atoms with Crippen LogP contribution < -0.4 is 5.32 Å². The second kappa shape index (κ2) is 7.23. The van der Waals surface area contributed by atoms with Gasteiger partial charge in [0.2, 0.25) is 5.91 Å². The summed E-state index contributed by atoms with van der Waals surface area (Å²) in [7, 11) is 0. The number of nitrogens with zero attached hydrogens (tertiary/aromatic N) is 4. The lowest BCUT2D eigenvalue weighted by Gasteiger charge is -2.06. The van der Waals surface area contributed by atoms with E-state index in [-0.39, 0.29) is 18.2 Å². The van der Waals surface area contributed by atoms with Crippen molar-refractivity contribution >= 4 is 29.0 Å². The van der Waals surface area contributed by atoms with Crippen LogP contribution in [0.5, 0.6) is 0 Å². The van der Waals surface area contributed by atoms with Crippen LogP contribution in [-0.4, -0.2) is 31.9 Å². The second-order valence-electron chi connectivity index (χ2n) is 5.35. The fraction of sp³-hybridized carbons (Fsp3) is 0.118. The van der Waals surface area contributed by atoms with Gasteiger partial charge in [0.1, 0.15) is 6.54 Å². The molecule has 126 valence electrons. The number of anilines is 1. The first kappa shape index (κ1) is 16.8. The number of nitrogens with one attached hydrogen (secondary N) is 1. The van der Waals surface area contributed by atoms with E-state index in [1.807, 2.05) is 0 Å². The normalized spacial score (nSPS) is 10.5. The molecule has 8 heteroatoms. The third-order valence-corrected chi connectivity index (χ3v) is 3.71. The summed E-state index contributed by atoms with van der Waals surface area (Å²) in [5.41, 5.74) is 1.91. The fourth-order valence-corrected chi connectivity index (χ4v) is 2.41. The summed E-state index contributed by atoms with van der Waals surface area (Å²) in [4.78, 5) is 23.5. The van der Waals surface area contributed by atoms with E-state index < -0.39 is 0 Å². The zero-order valence-corrected chi connectivity index (χ0v) is 14.1. The van der Waals surface area contributed by atoms with Gasteiger partial charge in [0, 0.05) is 28.8 Å². The number of carbonyl (C=O) groups is 2. The van der Waals surface area contributed by atoms with Crippen molar-refractivity contribution in [3.8, 4) is 11.4 Å². The van der Waals surface area contributed by atoms with Gasteiger partial charge in [-0.2, -0.15) is 0 Å². The first-order valence-corrected chi connectivity index (χ1v) is 7.83. The summed E-state index contributed by atoms with van der Waals surface area (Å²) in [6.45, 7) is 1.43. The Morgan fingerprint density at radius 2 is 1.76 bits per heavy atom. The van der Waals surface area contributed by atoms with Crippen LogP contribution in [0.1, 0.15) is 17.3 Å². The van der Waals surface area contributed by atoms with E-state index in [0.717, 1.165) is 5.56 Å². The first-order chi connectivity index (χ1) is 12.0. The van der Waals surface area contributed by atoms with E-state index in [1.165, 1.54) is 11.6 Å². The van der Waals surface area contributed by atoms with Crippen LogP contribution in [0.15, 0.2) is 48.5 Å². The molecule has 0 atom stereocenters. The molecular weight excluding hydrogens is 342 g/mol. The highest BCUT2D eigenvalue weighted by atomic mass is 35.5. The largest absolute Gasteiger partial charge is 0.326 e. The van der Waals surface area contributed by atoms with Crippen molar-refractivity contribution in [2.24, 2.45) is 0 Å². The van der Waals surface area contributed by atoms with Gasteiger partial charge >= 0.3 is 0 Å². The van der Waals surface area contributed by atoms with E-state index in [1.54, 1.807) is 48.5 Å². The van der Waals surface area contributed by atoms with Gasteiger partial charge in [0.15, 0.2) is 11.6 Å². The predicted octanol–water partition coefficient (Wildman–Crippen LogP) is 2.83. The molecule has 0 saturated heterocycles. The molecule has 1 heterocycles. The van der Waals surface area contributed by atoms with Gasteiger partial charge in [-0.1, -0.05) is 11.6 Å². The number of hydrogen-bond acceptors (Lipinski definition) is 5. The molecule has 0 spiro atoms. The van der Waals surface area contributed by atoms with Gasteiger partial charge in [-0.25, -0.2) is 4.68 Å². The van der Waals surface area contributed by atoms with Gasteiger partial charge < -0.3 is 5.32 Å². The molecule has 2 aromatic carbocycles. The Kier molecular flexibility index (Phi) is 4.85. The Morgan fingerprint density at radius 1 is 1.08 bits per heavy atom. The average Bonchev–Trinajstić information content (AvgIpc) is 3.03. The number of hydrogen-bond donors (Lipinski definition) is 1. The van der Waals surface area contributed by atoms with E-state index >= 15 is 0 Å². The monoisotopic (exact) mass is 355 g/mol. The smallest absolute Gasteiger partial charge is 0.221 e. The van der Waals surface area contributed by atoms with Gasteiger partial charge in [-0.05, 0) is 59.0 Å². The molecule has 0 radical (unpaired) electrons. The standard InChI is InChI=1S/C17H14ClN5O2/c1-11(24)19-15-8-4-12(5-9-15)16(25)10-23-17(20-21-22-23)13-2-6-14(18)7-3-13/h2-9H,10H2,1H3,(H,19,24). The Bertz CT molecular complexity index is 904. The molecule has 0 bridgehead atoms. The van der Waals surface area contributed by atoms with E-state index in [0.29, 0.717) is 22.1 Å². The molecule has 1 aromatic heterocycles. The lowest BCUT2D eigenvalue weighted by molar-refractivity contribution is -0.114. The minimum Gasteiger partial charge on any atom is -0.326 e. The number of aromatic nitrogens is 4. The molecule has 0 saturated carbocycles. The molecule has 25 heavy (non-hydrogen) atoms. The number of tetrazole rings is 1. The van der Waals surface area contributed by atoms with Crippen molar-refractivity contribution in [3.63, 3.8) is 0 Å². The van der Waals surface area contributed by atoms with Crippen molar-refractivity contribution < 1.29 is 9.59 Å². The lowest BCUT2D eigenvalue weighted by Crippen LogP contribution is -2.13. The van der Waals surface area contributed by atoms with Gasteiger partial charge in [-0.15, -0.1) is 5.10 Å². The minimum atomic E-state index is -0.166. The summed E-state index contributed by atoms with van der Waals surface area (Å²) < 4.78 is 1.44. The van der Waals surface area contributed by atoms with Crippen LogP contribution in [0, 0.1) is 0 Å². The zero-order valence-electron chi connectivity index (χ0n) is 13.3. The van der Waals surface area contributed by atoms with Gasteiger partial charge in [-0.3, -0.25) is 9.59 Å². The maximum Gasteiger partial charge on any atom is 0.221 e. The fourth-order valence-electron chi connectivity index (χ4n) is 2.29. The predicted molar refractivity (Wildman–Crippen MR) is 93.3 cm³/mol. The SMILES string of the molecule is CC(=O)Nc1ccc(C(=O)Cn2nnnc2-c2ccc(Cl)cc2)cc1. The van der Waals surface area contributed by atoms with Crippen molar-refractivity contribution in [2.45, 2.75) is 13.5 Å². The van der Waals surface area contributed by atoms with Crippen LogP contribution in [0.4, 0.5) is 5.69 Å². The molecule has 3 aromatic rings. The number of halogens is 1. The molecule has 0 fully saturated rings. The Labute approximate surface area is 148 Å². The van der Waals surface area contributed by atoms with E-state index in [9.17, 15) is 9.59 Å². The Hall–Kier alpha value is -3.06. The molecule has 0 unspecified atom stereocenters. The van der Waals surface area contributed by atoms with Crippen LogP contribution >= 0.6 is 11.6 Å². The van der Waals surface area contributed by atoms with Crippen molar-refractivity contribution in [1.29, 1.82) is 0 Å². The summed E-state index contributed by atoms with van der Waals surface area (Å²) in [5.74, 6) is 0.178. The highest BCUT2D eigenvalue weighted by molar-refractivity contribution is 6.30. The number of rotatable bonds is 5. The van der Waals surface area contributed by atoms with Crippen molar-refractivity contribution in [2.75, 3.05) is 5.32 Å². The summed E-state index contributed by atoms with van der Waals surface area (Å²) >= 11 is 5.88. The number of carbonyl (C=O) groups excluding carboxylic acids is 2. The molecule has 1 amide bonds. The molecule has 1 N–H and O–H groups in total. The molecular formula is C17H14ClN5O2. The lowest BCUT2D eigenvalue weighted by atomic mass is 10.1. The Morgan fingerprint density at radius 3 is 2.40 bits per heavy atom. The minimum absolute atomic E-state index is 0.00441. The topological polar surface area (TPSA) is 89.8 Å². The quantitative estimate of drug-likeness (QED) is 0.711. The third kappa shape index (κ3) is 4.07. The summed E-state index contributed by atoms with van der Waals surface area (Å²) in [6.07, 6.45) is 0. The molecule has 7 nitrogen and oxygen atoms in total. The first-order valence-electron chi connectivity index (χ1n) is 7.46. The molecule has 3 rings (SSSR count). The van der Waals surface area contributed by atoms with Crippen molar-refractivity contribution in [3.05, 3.63) is 59.1 Å². The summed E-state index contributed by atoms with van der Waals surface area (Å²) in [6, 6.07) is 13.7. The maximum absolute atomic E-state index is 12.5. The molecule has 0 aliphatic rings. The highest BCUT2D eigenvalue weighted by Gasteiger charge is 2.14. The van der Waals surface area contributed by atoms with Crippen LogP contribution in [0.3, 0.4) is 0 Å². The highest BCUT2D eigenvalue weighted by Crippen LogP contribution is 2.19. The van der Waals surface area contributed by atoms with Crippen LogP contribution in [0.2, 0.25) is 5.02 Å². The number of benzene rings is 2. The van der Waals surface area contributed by atoms with E-state index in [4.69, 9.17) is 11.6 Å². The number of ketones is 1. The third-order valence-electron chi connectivity index (χ3n) is 3.45. The van der Waals surface area contributed by atoms with Gasteiger partial charge in [0.25, 0.3) is 0 Å². The Balaban J connectivity index is 1.76. The molecule has 0 aliphatic carbocycles. The van der Waals surface area contributed by atoms with Crippen LogP contribution in [0.25, 0.3) is 11.4 Å². The number of Topliss-reactive ketones (excluding diaryl/α,β-unsaturated/α-hetero) is 1. The van der Waals surface area contributed by atoms with Crippen molar-refractivity contribution in [1.82, 2.24) is 20.2 Å². The van der Waals surface area contributed by atoms with E-state index in [2.05, 4.69) is 20.8 Å². The van der Waals surface area contributed by atoms with Gasteiger partial charge in [0.05, 0.1) is 0 Å². The second-order valence-corrected chi connectivity index (χ2v) is 5.79. The molecule has 0 aliphatic heterocycles. The summed E-state index contributed by atoms with van der Waals surface area (Å²) in [5, 5.41) is 14.8. The van der Waals surface area contributed by atoms with Crippen LogP contribution in [-0.2, 0) is 11.3 Å². The zero-order chi connectivity index (χ0) is 17.8.